The Labute approximate surface area is 122 Å². The molecule has 1 aromatic carbocycles. The zero-order chi connectivity index (χ0) is 15.1. The Morgan fingerprint density at radius 1 is 1.33 bits per heavy atom. The molecule has 2 aromatic heterocycles. The van der Waals surface area contributed by atoms with E-state index in [1.54, 1.807) is 0 Å². The van der Waals surface area contributed by atoms with Gasteiger partial charge in [-0.25, -0.2) is 8.78 Å². The second-order valence-electron chi connectivity index (χ2n) is 4.77. The van der Waals surface area contributed by atoms with Gasteiger partial charge in [0.15, 0.2) is 0 Å². The minimum atomic E-state index is -1.05. The molecule has 108 valence electrons. The van der Waals surface area contributed by atoms with Gasteiger partial charge in [-0.1, -0.05) is 0 Å². The number of thiophene rings is 1. The van der Waals surface area contributed by atoms with Crippen molar-refractivity contribution in [2.24, 2.45) is 0 Å². The largest absolute Gasteiger partial charge is 0.481 e. The molecule has 0 spiro atoms. The number of aromatic nitrogens is 1. The Morgan fingerprint density at radius 3 is 2.71 bits per heavy atom. The summed E-state index contributed by atoms with van der Waals surface area (Å²) in [6.45, 7) is 1.92. The van der Waals surface area contributed by atoms with Crippen molar-refractivity contribution < 1.29 is 18.7 Å². The predicted octanol–water partition coefficient (Wildman–Crippen LogP) is 4.11. The Balaban J connectivity index is 2.32. The van der Waals surface area contributed by atoms with Gasteiger partial charge in [0.05, 0.1) is 22.5 Å². The molecule has 0 unspecified atom stereocenters. The van der Waals surface area contributed by atoms with E-state index in [9.17, 15) is 13.6 Å². The van der Waals surface area contributed by atoms with E-state index in [1.165, 1.54) is 11.3 Å². The van der Waals surface area contributed by atoms with Crippen LogP contribution in [0.2, 0.25) is 0 Å². The monoisotopic (exact) mass is 307 g/mol. The molecule has 0 aliphatic carbocycles. The van der Waals surface area contributed by atoms with Crippen LogP contribution in [0.3, 0.4) is 0 Å². The summed E-state index contributed by atoms with van der Waals surface area (Å²) in [5, 5.41) is 9.34. The molecule has 0 bridgehead atoms. The Morgan fingerprint density at radius 2 is 2.10 bits per heavy atom. The maximum Gasteiger partial charge on any atom is 0.307 e. The normalized spacial score (nSPS) is 11.2. The van der Waals surface area contributed by atoms with Gasteiger partial charge >= 0.3 is 5.97 Å². The van der Waals surface area contributed by atoms with Crippen LogP contribution in [0, 0.1) is 18.6 Å². The Hall–Kier alpha value is -2.21. The fourth-order valence-electron chi connectivity index (χ4n) is 2.39. The van der Waals surface area contributed by atoms with Crippen molar-refractivity contribution in [1.29, 1.82) is 0 Å². The molecule has 0 aliphatic rings. The van der Waals surface area contributed by atoms with Crippen molar-refractivity contribution in [3.63, 3.8) is 0 Å². The lowest BCUT2D eigenvalue weighted by Gasteiger charge is -2.00. The number of benzene rings is 1. The molecule has 3 nitrogen and oxygen atoms in total. The topological polar surface area (TPSA) is 53.1 Å². The molecule has 3 rings (SSSR count). The van der Waals surface area contributed by atoms with E-state index < -0.39 is 17.6 Å². The van der Waals surface area contributed by atoms with Crippen molar-refractivity contribution in [3.8, 4) is 10.6 Å². The number of aryl methyl sites for hydroxylation is 1. The molecule has 2 heterocycles. The lowest BCUT2D eigenvalue weighted by Crippen LogP contribution is -2.00. The quantitative estimate of drug-likeness (QED) is 0.765. The molecule has 0 saturated heterocycles. The molecular weight excluding hydrogens is 296 g/mol. The molecule has 21 heavy (non-hydrogen) atoms. The van der Waals surface area contributed by atoms with E-state index in [0.29, 0.717) is 11.3 Å². The molecular formula is C15H11F2NO2S. The van der Waals surface area contributed by atoms with Gasteiger partial charge < -0.3 is 10.1 Å². The standard InChI is InChI=1S/C15H11F2NO2S/c1-7-2-3-12(21-7)15-10(6-13(19)20)9-4-8(16)5-11(17)14(9)18-15/h2-5,18H,6H2,1H3,(H,19,20). The number of carboxylic acids is 1. The number of aromatic amines is 1. The highest BCUT2D eigenvalue weighted by Gasteiger charge is 2.19. The molecule has 6 heteroatoms. The van der Waals surface area contributed by atoms with Crippen LogP contribution in [0.5, 0.6) is 0 Å². The number of aliphatic carboxylic acids is 1. The van der Waals surface area contributed by atoms with Crippen LogP contribution >= 0.6 is 11.3 Å². The van der Waals surface area contributed by atoms with Crippen LogP contribution in [0.15, 0.2) is 24.3 Å². The highest BCUT2D eigenvalue weighted by Crippen LogP contribution is 2.35. The van der Waals surface area contributed by atoms with E-state index in [1.807, 2.05) is 19.1 Å². The average Bonchev–Trinajstić information content (AvgIpc) is 2.94. The van der Waals surface area contributed by atoms with Gasteiger partial charge in [-0.3, -0.25) is 4.79 Å². The van der Waals surface area contributed by atoms with Crippen molar-refractivity contribution in [2.75, 3.05) is 0 Å². The summed E-state index contributed by atoms with van der Waals surface area (Å²) in [6, 6.07) is 5.68. The molecule has 3 aromatic rings. The number of carbonyl (C=O) groups is 1. The minimum Gasteiger partial charge on any atom is -0.481 e. The van der Waals surface area contributed by atoms with E-state index >= 15 is 0 Å². The number of nitrogens with one attached hydrogen (secondary N) is 1. The molecule has 0 fully saturated rings. The third-order valence-electron chi connectivity index (χ3n) is 3.25. The first-order valence-corrected chi connectivity index (χ1v) is 7.05. The highest BCUT2D eigenvalue weighted by atomic mass is 32.1. The molecule has 2 N–H and O–H groups in total. The zero-order valence-electron chi connectivity index (χ0n) is 11.0. The van der Waals surface area contributed by atoms with Crippen molar-refractivity contribution in [2.45, 2.75) is 13.3 Å². The Kier molecular flexibility index (Phi) is 3.25. The summed E-state index contributed by atoms with van der Waals surface area (Å²) >= 11 is 1.47. The van der Waals surface area contributed by atoms with Crippen LogP contribution in [0.4, 0.5) is 8.78 Å². The van der Waals surface area contributed by atoms with Gasteiger partial charge in [0.1, 0.15) is 11.6 Å². The Bertz CT molecular complexity index is 851. The highest BCUT2D eigenvalue weighted by molar-refractivity contribution is 7.15. The molecule has 0 saturated carbocycles. The fourth-order valence-corrected chi connectivity index (χ4v) is 3.28. The lowest BCUT2D eigenvalue weighted by atomic mass is 10.1. The van der Waals surface area contributed by atoms with Crippen LogP contribution in [-0.4, -0.2) is 16.1 Å². The first-order chi connectivity index (χ1) is 9.95. The third-order valence-corrected chi connectivity index (χ3v) is 4.26. The zero-order valence-corrected chi connectivity index (χ0v) is 11.9. The van der Waals surface area contributed by atoms with Crippen molar-refractivity contribution >= 4 is 28.2 Å². The maximum atomic E-state index is 13.9. The lowest BCUT2D eigenvalue weighted by molar-refractivity contribution is -0.136. The fraction of sp³-hybridized carbons (Fsp3) is 0.133. The summed E-state index contributed by atoms with van der Waals surface area (Å²) in [5.74, 6) is -2.49. The van der Waals surface area contributed by atoms with Crippen molar-refractivity contribution in [1.82, 2.24) is 4.98 Å². The summed E-state index contributed by atoms with van der Waals surface area (Å²) in [6.07, 6.45) is -0.296. The van der Waals surface area contributed by atoms with Crippen LogP contribution in [0.1, 0.15) is 10.4 Å². The summed E-state index contributed by atoms with van der Waals surface area (Å²) < 4.78 is 27.3. The van der Waals surface area contributed by atoms with Crippen LogP contribution in [0.25, 0.3) is 21.5 Å². The van der Waals surface area contributed by atoms with Gasteiger partial charge in [0.25, 0.3) is 0 Å². The van der Waals surface area contributed by atoms with Gasteiger partial charge in [-0.15, -0.1) is 11.3 Å². The predicted molar refractivity (Wildman–Crippen MR) is 77.6 cm³/mol. The van der Waals surface area contributed by atoms with E-state index in [4.69, 9.17) is 5.11 Å². The van der Waals surface area contributed by atoms with E-state index in [2.05, 4.69) is 4.98 Å². The SMILES string of the molecule is Cc1ccc(-c2[nH]c3c(F)cc(F)cc3c2CC(=O)O)s1. The van der Waals surface area contributed by atoms with E-state index in [0.717, 1.165) is 21.9 Å². The van der Waals surface area contributed by atoms with Crippen LogP contribution < -0.4 is 0 Å². The van der Waals surface area contributed by atoms with E-state index in [-0.39, 0.29) is 17.3 Å². The minimum absolute atomic E-state index is 0.133. The smallest absolute Gasteiger partial charge is 0.307 e. The first-order valence-electron chi connectivity index (χ1n) is 6.24. The molecule has 0 radical (unpaired) electrons. The number of H-pyrrole nitrogens is 1. The second-order valence-corrected chi connectivity index (χ2v) is 6.06. The van der Waals surface area contributed by atoms with Gasteiger partial charge in [-0.2, -0.15) is 0 Å². The average molecular weight is 307 g/mol. The van der Waals surface area contributed by atoms with Gasteiger partial charge in [0, 0.05) is 16.3 Å². The third kappa shape index (κ3) is 2.42. The summed E-state index contributed by atoms with van der Waals surface area (Å²) in [4.78, 5) is 15.8. The maximum absolute atomic E-state index is 13.9. The number of fused-ring (bicyclic) bond motifs is 1. The number of rotatable bonds is 3. The number of hydrogen-bond donors (Lipinski definition) is 2. The number of carboxylic acid groups (broad SMARTS) is 1. The summed E-state index contributed by atoms with van der Waals surface area (Å²) in [5.41, 5.74) is 1.07. The molecule has 0 aliphatic heterocycles. The van der Waals surface area contributed by atoms with Gasteiger partial charge in [0.2, 0.25) is 0 Å². The first kappa shape index (κ1) is 13.8. The molecule has 0 amide bonds. The number of hydrogen-bond acceptors (Lipinski definition) is 2. The van der Waals surface area contributed by atoms with Gasteiger partial charge in [-0.05, 0) is 30.7 Å². The number of halogens is 2. The summed E-state index contributed by atoms with van der Waals surface area (Å²) in [7, 11) is 0. The van der Waals surface area contributed by atoms with Crippen molar-refractivity contribution in [3.05, 3.63) is 46.3 Å². The van der Waals surface area contributed by atoms with Crippen LogP contribution in [-0.2, 0) is 11.2 Å². The second kappa shape index (κ2) is 4.96. The molecule has 0 atom stereocenters.